The van der Waals surface area contributed by atoms with Crippen molar-refractivity contribution in [2.75, 3.05) is 12.3 Å². The van der Waals surface area contributed by atoms with Crippen LogP contribution in [0.4, 0.5) is 5.82 Å². The van der Waals surface area contributed by atoms with Gasteiger partial charge in [0, 0.05) is 12.1 Å². The standard InChI is InChI=1S/C10H14N5O10P3/c11-9-8-10(13-4-12-9)15(5-14-8)2-6-1-7(6)3-23-27(19,20)25-28(21,22)24-26(16,17)18/h2,4-5,7H,1,3H2,(H,19,20)(H,21,22)(H2,11,12,13)(H2,16,17,18)/b6-2+. The van der Waals surface area contributed by atoms with E-state index >= 15 is 0 Å². The number of nitrogen functional groups attached to an aromatic ring is 1. The molecule has 0 amide bonds. The molecule has 154 valence electrons. The normalized spacial score (nSPS) is 22.9. The Morgan fingerprint density at radius 3 is 2.54 bits per heavy atom. The van der Waals surface area contributed by atoms with E-state index in [1.165, 1.54) is 12.7 Å². The molecule has 0 saturated heterocycles. The van der Waals surface area contributed by atoms with Crippen LogP contribution >= 0.6 is 23.5 Å². The zero-order valence-electron chi connectivity index (χ0n) is 13.7. The average molecular weight is 457 g/mol. The Balaban J connectivity index is 1.60. The van der Waals surface area contributed by atoms with Gasteiger partial charge < -0.3 is 25.3 Å². The predicted octanol–water partition coefficient (Wildman–Crippen LogP) is 0.613. The highest BCUT2D eigenvalue weighted by atomic mass is 31.3. The summed E-state index contributed by atoms with van der Waals surface area (Å²) in [6.45, 7) is -0.362. The topological polar surface area (TPSA) is 229 Å². The van der Waals surface area contributed by atoms with E-state index in [-0.39, 0.29) is 18.3 Å². The lowest BCUT2D eigenvalue weighted by molar-refractivity contribution is 0.169. The molecule has 0 bridgehead atoms. The zero-order chi connectivity index (χ0) is 20.7. The van der Waals surface area contributed by atoms with Crippen molar-refractivity contribution in [3.05, 3.63) is 18.2 Å². The Labute approximate surface area is 156 Å². The van der Waals surface area contributed by atoms with Crippen molar-refractivity contribution >= 4 is 46.6 Å². The Bertz CT molecular complexity index is 1080. The first-order valence-electron chi connectivity index (χ1n) is 7.27. The van der Waals surface area contributed by atoms with Gasteiger partial charge >= 0.3 is 23.5 Å². The van der Waals surface area contributed by atoms with Gasteiger partial charge in [-0.15, -0.1) is 0 Å². The van der Waals surface area contributed by atoms with Crippen LogP contribution in [-0.4, -0.2) is 45.7 Å². The van der Waals surface area contributed by atoms with E-state index in [4.69, 9.17) is 20.4 Å². The summed E-state index contributed by atoms with van der Waals surface area (Å²) in [5.74, 6) is -0.0938. The molecule has 3 rings (SSSR count). The summed E-state index contributed by atoms with van der Waals surface area (Å²) in [5.41, 5.74) is 7.34. The number of phosphoric acid groups is 3. The number of phosphoric ester groups is 1. The second kappa shape index (κ2) is 7.39. The van der Waals surface area contributed by atoms with Crippen molar-refractivity contribution in [3.8, 4) is 0 Å². The number of hydrogen-bond acceptors (Lipinski definition) is 10. The van der Waals surface area contributed by atoms with Gasteiger partial charge in [-0.2, -0.15) is 8.62 Å². The molecule has 1 aliphatic carbocycles. The number of imidazole rings is 1. The van der Waals surface area contributed by atoms with Crippen molar-refractivity contribution in [2.45, 2.75) is 6.42 Å². The van der Waals surface area contributed by atoms with Gasteiger partial charge in [0.05, 0.1) is 6.61 Å². The van der Waals surface area contributed by atoms with Gasteiger partial charge in [0.15, 0.2) is 17.0 Å². The Kier molecular flexibility index (Phi) is 5.60. The molecule has 18 heteroatoms. The van der Waals surface area contributed by atoms with E-state index in [1.54, 1.807) is 10.8 Å². The molecule has 2 aromatic rings. The smallest absolute Gasteiger partial charge is 0.382 e. The molecule has 3 unspecified atom stereocenters. The third kappa shape index (κ3) is 5.52. The van der Waals surface area contributed by atoms with Crippen LogP contribution in [0.3, 0.4) is 0 Å². The quantitative estimate of drug-likeness (QED) is 0.342. The third-order valence-corrected chi connectivity index (χ3v) is 7.20. The molecule has 0 radical (unpaired) electrons. The van der Waals surface area contributed by atoms with Crippen LogP contribution < -0.4 is 5.73 Å². The van der Waals surface area contributed by atoms with Crippen molar-refractivity contribution in [2.24, 2.45) is 5.92 Å². The molecule has 1 fully saturated rings. The van der Waals surface area contributed by atoms with Crippen LogP contribution in [0, 0.1) is 5.92 Å². The summed E-state index contributed by atoms with van der Waals surface area (Å²) >= 11 is 0. The number of nitrogens with two attached hydrogens (primary N) is 1. The van der Waals surface area contributed by atoms with E-state index in [1.807, 2.05) is 0 Å². The van der Waals surface area contributed by atoms with E-state index in [9.17, 15) is 18.6 Å². The summed E-state index contributed by atoms with van der Waals surface area (Å²) in [6, 6.07) is 0. The molecule has 28 heavy (non-hydrogen) atoms. The second-order valence-electron chi connectivity index (χ2n) is 5.57. The first-order valence-corrected chi connectivity index (χ1v) is 11.8. The fraction of sp³-hybridized carbons (Fsp3) is 0.300. The van der Waals surface area contributed by atoms with Gasteiger partial charge in [0.2, 0.25) is 0 Å². The van der Waals surface area contributed by atoms with Crippen molar-refractivity contribution in [1.82, 2.24) is 19.5 Å². The van der Waals surface area contributed by atoms with Crippen molar-refractivity contribution in [3.63, 3.8) is 0 Å². The molecular formula is C10H14N5O10P3. The second-order valence-corrected chi connectivity index (χ2v) is 9.99. The minimum Gasteiger partial charge on any atom is -0.382 e. The lowest BCUT2D eigenvalue weighted by atomic mass is 10.4. The molecule has 2 heterocycles. The highest BCUT2D eigenvalue weighted by Gasteiger charge is 2.42. The monoisotopic (exact) mass is 457 g/mol. The Morgan fingerprint density at radius 2 is 1.86 bits per heavy atom. The van der Waals surface area contributed by atoms with Gasteiger partial charge in [0.1, 0.15) is 12.7 Å². The average Bonchev–Trinajstić information content (AvgIpc) is 3.12. The third-order valence-electron chi connectivity index (χ3n) is 3.39. The van der Waals surface area contributed by atoms with Gasteiger partial charge in [-0.3, -0.25) is 9.09 Å². The van der Waals surface area contributed by atoms with Crippen LogP contribution in [0.15, 0.2) is 18.2 Å². The molecule has 1 saturated carbocycles. The molecule has 3 atom stereocenters. The number of anilines is 1. The maximum absolute atomic E-state index is 11.7. The largest absolute Gasteiger partial charge is 0.490 e. The summed E-state index contributed by atoms with van der Waals surface area (Å²) in [7, 11) is -16.1. The van der Waals surface area contributed by atoms with E-state index in [0.29, 0.717) is 17.6 Å². The number of rotatable bonds is 8. The zero-order valence-corrected chi connectivity index (χ0v) is 16.4. The van der Waals surface area contributed by atoms with Crippen LogP contribution in [0.1, 0.15) is 6.42 Å². The molecule has 0 aromatic carbocycles. The van der Waals surface area contributed by atoms with Gasteiger partial charge in [-0.1, -0.05) is 0 Å². The molecule has 2 aromatic heterocycles. The first kappa shape index (κ1) is 21.2. The summed E-state index contributed by atoms with van der Waals surface area (Å²) < 4.78 is 46.9. The number of fused-ring (bicyclic) bond motifs is 1. The SMILES string of the molecule is Nc1ncnc2c1ncn2/C=C1\CC1COP(=O)(O)OP(=O)(O)OP(=O)(O)O. The number of nitrogens with zero attached hydrogens (tertiary/aromatic N) is 4. The lowest BCUT2D eigenvalue weighted by Crippen LogP contribution is -1.99. The van der Waals surface area contributed by atoms with Gasteiger partial charge in [-0.05, 0) is 12.0 Å². The molecule has 0 aliphatic heterocycles. The maximum Gasteiger partial charge on any atom is 0.490 e. The highest BCUT2D eigenvalue weighted by molar-refractivity contribution is 7.66. The van der Waals surface area contributed by atoms with Crippen molar-refractivity contribution in [1.29, 1.82) is 0 Å². The maximum atomic E-state index is 11.7. The van der Waals surface area contributed by atoms with E-state index < -0.39 is 23.5 Å². The summed E-state index contributed by atoms with van der Waals surface area (Å²) in [4.78, 5) is 47.4. The fourth-order valence-corrected chi connectivity index (χ4v) is 5.24. The van der Waals surface area contributed by atoms with Crippen LogP contribution in [0.5, 0.6) is 0 Å². The molecule has 15 nitrogen and oxygen atoms in total. The summed E-state index contributed by atoms with van der Waals surface area (Å²) in [6.07, 6.45) is 4.87. The van der Waals surface area contributed by atoms with Crippen LogP contribution in [0.2, 0.25) is 0 Å². The summed E-state index contributed by atoms with van der Waals surface area (Å²) in [5, 5.41) is 0. The minimum absolute atomic E-state index is 0.210. The highest BCUT2D eigenvalue weighted by Crippen LogP contribution is 2.66. The molecule has 6 N–H and O–H groups in total. The predicted molar refractivity (Wildman–Crippen MR) is 91.9 cm³/mol. The lowest BCUT2D eigenvalue weighted by Gasteiger charge is -2.15. The Hall–Kier alpha value is -1.50. The van der Waals surface area contributed by atoms with Crippen LogP contribution in [0.25, 0.3) is 17.4 Å². The van der Waals surface area contributed by atoms with Gasteiger partial charge in [-0.25, -0.2) is 28.6 Å². The van der Waals surface area contributed by atoms with E-state index in [0.717, 1.165) is 5.57 Å². The molecular weight excluding hydrogens is 443 g/mol. The Morgan fingerprint density at radius 1 is 1.14 bits per heavy atom. The minimum atomic E-state index is -5.52. The van der Waals surface area contributed by atoms with Crippen molar-refractivity contribution < 1.29 is 46.4 Å². The number of hydrogen-bond donors (Lipinski definition) is 5. The number of aromatic nitrogens is 4. The van der Waals surface area contributed by atoms with E-state index in [2.05, 4.69) is 28.1 Å². The van der Waals surface area contributed by atoms with Crippen LogP contribution in [-0.2, 0) is 26.8 Å². The fourth-order valence-electron chi connectivity index (χ4n) is 2.18. The van der Waals surface area contributed by atoms with Gasteiger partial charge in [0.25, 0.3) is 0 Å². The molecule has 1 aliphatic rings. The molecule has 0 spiro atoms. The first-order chi connectivity index (χ1) is 12.9.